The average Bonchev–Trinajstić information content (AvgIpc) is 3.11. The van der Waals surface area contributed by atoms with Crippen LogP contribution in [0.2, 0.25) is 0 Å². The molecule has 0 saturated carbocycles. The van der Waals surface area contributed by atoms with Crippen molar-refractivity contribution < 1.29 is 27.5 Å². The Morgan fingerprint density at radius 1 is 1.36 bits per heavy atom. The van der Waals surface area contributed by atoms with Gasteiger partial charge in [-0.3, -0.25) is 4.79 Å². The lowest BCUT2D eigenvalue weighted by Gasteiger charge is -2.12. The smallest absolute Gasteiger partial charge is 0.338 e. The third-order valence-electron chi connectivity index (χ3n) is 3.73. The highest BCUT2D eigenvalue weighted by Crippen LogP contribution is 2.15. The predicted molar refractivity (Wildman–Crippen MR) is 89.6 cm³/mol. The Hall–Kier alpha value is -1.97. The number of carbonyl (C=O) groups excluding carboxylic acids is 2. The van der Waals surface area contributed by atoms with E-state index in [0.717, 1.165) is 12.8 Å². The molecule has 8 nitrogen and oxygen atoms in total. The molecule has 1 fully saturated rings. The standard InChI is InChI=1S/C16H22N2O6S/c1-18(2)15(19)11-24-16(20)12-5-3-7-14(9-12)25(21,22)17-10-13-6-4-8-23-13/h3,5,7,9,13,17H,4,6,8,10-11H2,1-2H3/t13-/m1/s1. The van der Waals surface area contributed by atoms with Crippen molar-refractivity contribution in [2.24, 2.45) is 0 Å². The van der Waals surface area contributed by atoms with Crippen LogP contribution in [0.3, 0.4) is 0 Å². The Morgan fingerprint density at radius 2 is 2.12 bits per heavy atom. The molecule has 9 heteroatoms. The molecular weight excluding hydrogens is 348 g/mol. The summed E-state index contributed by atoms with van der Waals surface area (Å²) < 4.78 is 37.4. The Kier molecular flexibility index (Phi) is 6.51. The molecule has 1 aromatic rings. The second-order valence-corrected chi connectivity index (χ2v) is 7.65. The molecule has 0 aromatic heterocycles. The highest BCUT2D eigenvalue weighted by Gasteiger charge is 2.21. The second kappa shape index (κ2) is 8.41. The molecule has 0 aliphatic carbocycles. The van der Waals surface area contributed by atoms with Gasteiger partial charge in [-0.25, -0.2) is 17.9 Å². The Bertz CT molecular complexity index is 726. The van der Waals surface area contributed by atoms with Crippen molar-refractivity contribution in [3.05, 3.63) is 29.8 Å². The maximum absolute atomic E-state index is 12.3. The lowest BCUT2D eigenvalue weighted by Crippen LogP contribution is -2.32. The van der Waals surface area contributed by atoms with Gasteiger partial charge in [-0.1, -0.05) is 6.07 Å². The van der Waals surface area contributed by atoms with Crippen LogP contribution in [0, 0.1) is 0 Å². The molecule has 0 bridgehead atoms. The van der Waals surface area contributed by atoms with E-state index < -0.39 is 22.6 Å². The summed E-state index contributed by atoms with van der Waals surface area (Å²) in [5, 5.41) is 0. The normalized spacial score (nSPS) is 17.3. The number of likely N-dealkylation sites (N-methyl/N-ethyl adjacent to an activating group) is 1. The van der Waals surface area contributed by atoms with Crippen LogP contribution in [0.15, 0.2) is 29.2 Å². The molecule has 2 rings (SSSR count). The van der Waals surface area contributed by atoms with E-state index in [2.05, 4.69) is 4.72 Å². The summed E-state index contributed by atoms with van der Waals surface area (Å²) in [6, 6.07) is 5.49. The van der Waals surface area contributed by atoms with Crippen LogP contribution in [0.5, 0.6) is 0 Å². The number of hydrogen-bond acceptors (Lipinski definition) is 6. The first-order valence-electron chi connectivity index (χ1n) is 7.88. The zero-order valence-electron chi connectivity index (χ0n) is 14.2. The van der Waals surface area contributed by atoms with Crippen molar-refractivity contribution in [3.63, 3.8) is 0 Å². The van der Waals surface area contributed by atoms with Gasteiger partial charge in [-0.15, -0.1) is 0 Å². The third kappa shape index (κ3) is 5.52. The van der Waals surface area contributed by atoms with Gasteiger partial charge in [-0.05, 0) is 31.0 Å². The highest BCUT2D eigenvalue weighted by molar-refractivity contribution is 7.89. The van der Waals surface area contributed by atoms with Gasteiger partial charge < -0.3 is 14.4 Å². The van der Waals surface area contributed by atoms with E-state index in [9.17, 15) is 18.0 Å². The van der Waals surface area contributed by atoms with E-state index in [4.69, 9.17) is 9.47 Å². The molecule has 0 unspecified atom stereocenters. The molecule has 25 heavy (non-hydrogen) atoms. The SMILES string of the molecule is CN(C)C(=O)COC(=O)c1cccc(S(=O)(=O)NC[C@H]2CCCO2)c1. The maximum Gasteiger partial charge on any atom is 0.338 e. The summed E-state index contributed by atoms with van der Waals surface area (Å²) in [6.45, 7) is 0.424. The van der Waals surface area contributed by atoms with Crippen molar-refractivity contribution in [2.75, 3.05) is 33.9 Å². The number of amides is 1. The predicted octanol–water partition coefficient (Wildman–Crippen LogP) is 0.389. The molecule has 1 N–H and O–H groups in total. The van der Waals surface area contributed by atoms with Crippen LogP contribution in [-0.2, 0) is 24.3 Å². The summed E-state index contributed by atoms with van der Waals surface area (Å²) in [5.74, 6) is -1.12. The average molecular weight is 370 g/mol. The van der Waals surface area contributed by atoms with Crippen molar-refractivity contribution in [2.45, 2.75) is 23.8 Å². The molecule has 1 aliphatic heterocycles. The lowest BCUT2D eigenvalue weighted by molar-refractivity contribution is -0.131. The van der Waals surface area contributed by atoms with Crippen LogP contribution >= 0.6 is 0 Å². The van der Waals surface area contributed by atoms with Gasteiger partial charge in [0.1, 0.15) is 0 Å². The summed E-state index contributed by atoms with van der Waals surface area (Å²) in [5.41, 5.74) is 0.0616. The van der Waals surface area contributed by atoms with E-state index in [1.165, 1.54) is 29.2 Å². The molecule has 1 aliphatic rings. The number of nitrogens with one attached hydrogen (secondary N) is 1. The quantitative estimate of drug-likeness (QED) is 0.697. The molecule has 0 spiro atoms. The van der Waals surface area contributed by atoms with Gasteiger partial charge in [-0.2, -0.15) is 0 Å². The second-order valence-electron chi connectivity index (χ2n) is 5.88. The first kappa shape index (κ1) is 19.4. The summed E-state index contributed by atoms with van der Waals surface area (Å²) in [7, 11) is -0.672. The third-order valence-corrected chi connectivity index (χ3v) is 5.15. The minimum Gasteiger partial charge on any atom is -0.452 e. The maximum atomic E-state index is 12.3. The summed E-state index contributed by atoms with van der Waals surface area (Å²) >= 11 is 0. The minimum atomic E-state index is -3.76. The van der Waals surface area contributed by atoms with E-state index in [-0.39, 0.29) is 29.0 Å². The Labute approximate surface area is 147 Å². The molecule has 1 saturated heterocycles. The van der Waals surface area contributed by atoms with E-state index in [0.29, 0.717) is 6.61 Å². The Morgan fingerprint density at radius 3 is 2.76 bits per heavy atom. The van der Waals surface area contributed by atoms with Crippen molar-refractivity contribution in [1.82, 2.24) is 9.62 Å². The van der Waals surface area contributed by atoms with Crippen LogP contribution in [0.4, 0.5) is 0 Å². The topological polar surface area (TPSA) is 102 Å². The summed E-state index contributed by atoms with van der Waals surface area (Å²) in [6.07, 6.45) is 1.61. The number of sulfonamides is 1. The zero-order chi connectivity index (χ0) is 18.4. The van der Waals surface area contributed by atoms with Crippen LogP contribution < -0.4 is 4.72 Å². The first-order valence-corrected chi connectivity index (χ1v) is 9.36. The van der Waals surface area contributed by atoms with E-state index in [1.807, 2.05) is 0 Å². The number of ether oxygens (including phenoxy) is 2. The Balaban J connectivity index is 2.01. The number of carbonyl (C=O) groups is 2. The molecule has 1 heterocycles. The fourth-order valence-electron chi connectivity index (χ4n) is 2.22. The number of hydrogen-bond donors (Lipinski definition) is 1. The minimum absolute atomic E-state index is 0.0427. The van der Waals surface area contributed by atoms with Gasteiger partial charge in [0.05, 0.1) is 16.6 Å². The molecule has 1 amide bonds. The highest BCUT2D eigenvalue weighted by atomic mass is 32.2. The fourth-order valence-corrected chi connectivity index (χ4v) is 3.33. The molecule has 1 atom stereocenters. The van der Waals surface area contributed by atoms with Crippen LogP contribution in [-0.4, -0.2) is 65.2 Å². The number of nitrogens with zero attached hydrogens (tertiary/aromatic N) is 1. The molecule has 138 valence electrons. The van der Waals surface area contributed by atoms with Crippen LogP contribution in [0.1, 0.15) is 23.2 Å². The van der Waals surface area contributed by atoms with Crippen LogP contribution in [0.25, 0.3) is 0 Å². The monoisotopic (exact) mass is 370 g/mol. The first-order chi connectivity index (χ1) is 11.8. The lowest BCUT2D eigenvalue weighted by atomic mass is 10.2. The van der Waals surface area contributed by atoms with Crippen molar-refractivity contribution in [1.29, 1.82) is 0 Å². The van der Waals surface area contributed by atoms with Crippen molar-refractivity contribution in [3.8, 4) is 0 Å². The zero-order valence-corrected chi connectivity index (χ0v) is 15.0. The number of benzene rings is 1. The fraction of sp³-hybridized carbons (Fsp3) is 0.500. The molecule has 1 aromatic carbocycles. The number of esters is 1. The largest absolute Gasteiger partial charge is 0.452 e. The molecule has 0 radical (unpaired) electrons. The van der Waals surface area contributed by atoms with Gasteiger partial charge >= 0.3 is 5.97 Å². The van der Waals surface area contributed by atoms with E-state index in [1.54, 1.807) is 14.1 Å². The number of rotatable bonds is 7. The van der Waals surface area contributed by atoms with Crippen molar-refractivity contribution >= 4 is 21.9 Å². The van der Waals surface area contributed by atoms with Gasteiger partial charge in [0.15, 0.2) is 6.61 Å². The van der Waals surface area contributed by atoms with Gasteiger partial charge in [0, 0.05) is 27.2 Å². The van der Waals surface area contributed by atoms with Gasteiger partial charge in [0.2, 0.25) is 10.0 Å². The summed E-state index contributed by atoms with van der Waals surface area (Å²) in [4.78, 5) is 24.7. The van der Waals surface area contributed by atoms with Gasteiger partial charge in [0.25, 0.3) is 5.91 Å². The molecular formula is C16H22N2O6S. The van der Waals surface area contributed by atoms with E-state index >= 15 is 0 Å².